The largest absolute Gasteiger partial charge is 0.497 e. The van der Waals surface area contributed by atoms with Crippen molar-refractivity contribution >= 4 is 20.2 Å². The Kier molecular flexibility index (Phi) is 18.8. The number of methoxy groups -OCH3 is 3. The van der Waals surface area contributed by atoms with E-state index >= 15 is 4.79 Å². The van der Waals surface area contributed by atoms with Crippen LogP contribution >= 0.6 is 0 Å². The maximum absolute atomic E-state index is 15.1. The van der Waals surface area contributed by atoms with Crippen molar-refractivity contribution < 1.29 is 47.2 Å². The van der Waals surface area contributed by atoms with E-state index in [1.165, 1.54) is 0 Å². The first kappa shape index (κ1) is 47.8. The first-order chi connectivity index (χ1) is 28.3. The second-order valence-corrected chi connectivity index (χ2v) is 22.0. The lowest BCUT2D eigenvalue weighted by atomic mass is 9.75. The Hall–Kier alpha value is -3.84. The highest BCUT2D eigenvalue weighted by molar-refractivity contribution is 6.74. The molecule has 59 heavy (non-hydrogen) atoms. The summed E-state index contributed by atoms with van der Waals surface area (Å²) in [7, 11) is 2.61. The summed E-state index contributed by atoms with van der Waals surface area (Å²) in [6, 6.07) is 10.8. The number of carbonyl (C=O) groups is 2. The predicted octanol–water partition coefficient (Wildman–Crippen LogP) is 9.43. The van der Waals surface area contributed by atoms with Crippen molar-refractivity contribution in [2.75, 3.05) is 54.3 Å². The predicted molar refractivity (Wildman–Crippen MR) is 234 cm³/mol. The van der Waals surface area contributed by atoms with Crippen molar-refractivity contribution in [3.63, 3.8) is 0 Å². The lowest BCUT2D eigenvalue weighted by molar-refractivity contribution is -0.164. The number of esters is 1. The molecule has 328 valence electrons. The highest BCUT2D eigenvalue weighted by Crippen LogP contribution is 2.45. The molecular weight excluding hydrogens is 767 g/mol. The van der Waals surface area contributed by atoms with Crippen molar-refractivity contribution in [2.45, 2.75) is 127 Å². The number of hydrogen-bond acceptors (Lipinski definition) is 10. The molecule has 4 atom stereocenters. The molecule has 2 aromatic rings. The summed E-state index contributed by atoms with van der Waals surface area (Å²) in [6.07, 6.45) is 10.1. The zero-order valence-corrected chi connectivity index (χ0v) is 38.1. The summed E-state index contributed by atoms with van der Waals surface area (Å²) < 4.78 is 48.4. The van der Waals surface area contributed by atoms with Gasteiger partial charge in [0, 0.05) is 13.0 Å². The molecule has 0 bridgehead atoms. The minimum Gasteiger partial charge on any atom is -0.497 e. The van der Waals surface area contributed by atoms with E-state index in [1.807, 2.05) is 36.4 Å². The van der Waals surface area contributed by atoms with E-state index in [2.05, 4.69) is 47.0 Å². The van der Waals surface area contributed by atoms with Crippen molar-refractivity contribution in [1.29, 1.82) is 0 Å². The van der Waals surface area contributed by atoms with Gasteiger partial charge in [-0.15, -0.1) is 13.2 Å². The molecule has 2 fully saturated rings. The van der Waals surface area contributed by atoms with E-state index in [4.69, 9.17) is 37.6 Å². The Bertz CT molecular complexity index is 1630. The maximum Gasteiger partial charge on any atom is 0.329 e. The fourth-order valence-electron chi connectivity index (χ4n) is 7.72. The molecule has 12 heteroatoms. The first-order valence-corrected chi connectivity index (χ1v) is 24.2. The van der Waals surface area contributed by atoms with Crippen LogP contribution in [-0.2, 0) is 34.8 Å². The molecule has 1 amide bonds. The smallest absolute Gasteiger partial charge is 0.329 e. The van der Waals surface area contributed by atoms with Gasteiger partial charge in [0.25, 0.3) is 0 Å². The van der Waals surface area contributed by atoms with Crippen LogP contribution in [-0.4, -0.2) is 97.6 Å². The van der Waals surface area contributed by atoms with Crippen LogP contribution in [0.5, 0.6) is 23.0 Å². The second-order valence-electron chi connectivity index (χ2n) is 17.3. The molecule has 1 saturated heterocycles. The van der Waals surface area contributed by atoms with Gasteiger partial charge in [0.15, 0.2) is 19.8 Å². The minimum absolute atomic E-state index is 0.0188. The minimum atomic E-state index is -2.19. The SMILES string of the molecule is C=CCOC[C@H](COc1cc([C@@H](C(=O)N2CCCC[C@H]2C(=O)O[C@@H](CC=C)COCc2ccc(OC)cc2)C2CCCCC2)cc(OC)c1OC)O[Si](C)(C)C(C)(C)C. The number of ether oxygens (including phenoxy) is 7. The summed E-state index contributed by atoms with van der Waals surface area (Å²) in [6.45, 7) is 20.6. The molecule has 2 aliphatic rings. The summed E-state index contributed by atoms with van der Waals surface area (Å²) in [4.78, 5) is 31.0. The lowest BCUT2D eigenvalue weighted by Gasteiger charge is -2.40. The molecule has 1 aliphatic heterocycles. The molecule has 2 aromatic carbocycles. The molecule has 0 unspecified atom stereocenters. The number of rotatable bonds is 23. The van der Waals surface area contributed by atoms with Crippen molar-refractivity contribution in [1.82, 2.24) is 4.90 Å². The Morgan fingerprint density at radius 3 is 2.14 bits per heavy atom. The van der Waals surface area contributed by atoms with Gasteiger partial charge < -0.3 is 42.5 Å². The van der Waals surface area contributed by atoms with Gasteiger partial charge in [-0.3, -0.25) is 4.79 Å². The summed E-state index contributed by atoms with van der Waals surface area (Å²) in [5.74, 6) is 1.18. The third-order valence-electron chi connectivity index (χ3n) is 11.9. The number of nitrogens with zero attached hydrogens (tertiary/aromatic N) is 1. The monoisotopic (exact) mass is 837 g/mol. The number of benzene rings is 2. The number of amides is 1. The Labute approximate surface area is 354 Å². The van der Waals surface area contributed by atoms with Gasteiger partial charge in [-0.1, -0.05) is 64.3 Å². The molecule has 0 aromatic heterocycles. The third kappa shape index (κ3) is 13.6. The van der Waals surface area contributed by atoms with Crippen LogP contribution < -0.4 is 18.9 Å². The normalized spacial score (nSPS) is 18.0. The van der Waals surface area contributed by atoms with Gasteiger partial charge in [0.2, 0.25) is 11.7 Å². The quantitative estimate of drug-likeness (QED) is 0.0465. The Balaban J connectivity index is 1.60. The van der Waals surface area contributed by atoms with Crippen LogP contribution in [0, 0.1) is 5.92 Å². The van der Waals surface area contributed by atoms with Gasteiger partial charge in [-0.05, 0) is 91.5 Å². The van der Waals surface area contributed by atoms with Crippen molar-refractivity contribution in [3.05, 3.63) is 72.8 Å². The standard InChI is InChI=1S/C47H71NO10Si/c1-11-18-38(31-55-30-34-22-24-37(51-6)25-23-34)57-46(50)40-21-16-17-26-48(40)45(49)43(35-19-14-13-15-20-35)36-28-41(52-7)44(53-8)42(29-36)56-33-39(32-54-27-12-2)58-59(9,10)47(3,4)5/h11-12,22-25,28-29,35,38-40,43H,1-2,13-21,26-27,30-33H2,3-10H3/t38-,39+,40-,43-/m0/s1. The van der Waals surface area contributed by atoms with Crippen LogP contribution in [0.1, 0.15) is 95.6 Å². The molecular formula is C47H71NO10Si. The van der Waals surface area contributed by atoms with E-state index in [0.29, 0.717) is 56.5 Å². The molecule has 0 spiro atoms. The van der Waals surface area contributed by atoms with E-state index < -0.39 is 32.4 Å². The highest BCUT2D eigenvalue weighted by atomic mass is 28.4. The van der Waals surface area contributed by atoms with Crippen molar-refractivity contribution in [2.24, 2.45) is 5.92 Å². The first-order valence-electron chi connectivity index (χ1n) is 21.3. The van der Waals surface area contributed by atoms with Crippen LogP contribution in [0.15, 0.2) is 61.7 Å². The van der Waals surface area contributed by atoms with Gasteiger partial charge in [-0.25, -0.2) is 4.79 Å². The topological polar surface area (TPSA) is 111 Å². The van der Waals surface area contributed by atoms with Crippen LogP contribution in [0.2, 0.25) is 18.1 Å². The molecule has 0 N–H and O–H groups in total. The number of likely N-dealkylation sites (tertiary alicyclic amines) is 1. The van der Waals surface area contributed by atoms with Crippen LogP contribution in [0.25, 0.3) is 0 Å². The highest BCUT2D eigenvalue weighted by Gasteiger charge is 2.42. The van der Waals surface area contributed by atoms with Crippen LogP contribution in [0.3, 0.4) is 0 Å². The molecule has 0 radical (unpaired) electrons. The second kappa shape index (κ2) is 23.2. The molecule has 4 rings (SSSR count). The molecule has 1 aliphatic carbocycles. The van der Waals surface area contributed by atoms with Crippen LogP contribution in [0.4, 0.5) is 0 Å². The summed E-state index contributed by atoms with van der Waals surface area (Å²) in [5.41, 5.74) is 1.75. The van der Waals surface area contributed by atoms with Gasteiger partial charge in [0.1, 0.15) is 30.6 Å². The number of piperidine rings is 1. The zero-order chi connectivity index (χ0) is 43.0. The Morgan fingerprint density at radius 1 is 0.831 bits per heavy atom. The fraction of sp³-hybridized carbons (Fsp3) is 0.617. The lowest BCUT2D eigenvalue weighted by Crippen LogP contribution is -2.52. The zero-order valence-electron chi connectivity index (χ0n) is 37.1. The number of hydrogen-bond donors (Lipinski definition) is 0. The van der Waals surface area contributed by atoms with Crippen molar-refractivity contribution in [3.8, 4) is 23.0 Å². The molecule has 11 nitrogen and oxygen atoms in total. The maximum atomic E-state index is 15.1. The van der Waals surface area contributed by atoms with Gasteiger partial charge in [0.05, 0.1) is 53.7 Å². The molecule has 1 saturated carbocycles. The van der Waals surface area contributed by atoms with E-state index in [0.717, 1.165) is 61.8 Å². The van der Waals surface area contributed by atoms with E-state index in [-0.39, 0.29) is 36.2 Å². The average Bonchev–Trinajstić information content (AvgIpc) is 3.22. The molecule has 1 heterocycles. The number of carbonyl (C=O) groups excluding carboxylic acids is 2. The van der Waals surface area contributed by atoms with Gasteiger partial charge in [-0.2, -0.15) is 0 Å². The van der Waals surface area contributed by atoms with Gasteiger partial charge >= 0.3 is 5.97 Å². The fourth-order valence-corrected chi connectivity index (χ4v) is 9.05. The average molecular weight is 838 g/mol. The van der Waals surface area contributed by atoms with E-state index in [9.17, 15) is 4.79 Å². The van der Waals surface area contributed by atoms with E-state index in [1.54, 1.807) is 38.4 Å². The summed E-state index contributed by atoms with van der Waals surface area (Å²) in [5, 5.41) is -0.0188. The third-order valence-corrected chi connectivity index (χ3v) is 16.5. The Morgan fingerprint density at radius 2 is 1.51 bits per heavy atom. The summed E-state index contributed by atoms with van der Waals surface area (Å²) >= 11 is 0.